The molecular weight excluding hydrogens is 508 g/mol. The minimum Gasteiger partial charge on any atom is -0.488 e. The zero-order valence-corrected chi connectivity index (χ0v) is 19.8. The van der Waals surface area contributed by atoms with Gasteiger partial charge in [0.2, 0.25) is 0 Å². The first-order valence-corrected chi connectivity index (χ1v) is 11.1. The molecule has 166 valence electrons. The molecule has 1 saturated heterocycles. The Labute approximate surface area is 203 Å². The second-order valence-corrected chi connectivity index (χ2v) is 8.75. The highest BCUT2D eigenvalue weighted by molar-refractivity contribution is 9.10. The number of amides is 4. The fraction of sp³-hybridized carbons (Fsp3) is 0.0800. The van der Waals surface area contributed by atoms with Crippen LogP contribution in [0.2, 0.25) is 5.02 Å². The van der Waals surface area contributed by atoms with Crippen LogP contribution in [0.5, 0.6) is 5.75 Å². The molecule has 0 radical (unpaired) electrons. The number of ether oxygens (including phenoxy) is 1. The summed E-state index contributed by atoms with van der Waals surface area (Å²) < 4.78 is 6.73. The van der Waals surface area contributed by atoms with E-state index in [9.17, 15) is 14.4 Å². The van der Waals surface area contributed by atoms with Gasteiger partial charge in [-0.25, -0.2) is 9.69 Å². The SMILES string of the molecule is Cc1cccc(COc2ccc(Br)cc2/C=C2\C(=O)NC(=O)N(c3cccc(Cl)c3)C2=O)c1. The van der Waals surface area contributed by atoms with Crippen LogP contribution in [-0.4, -0.2) is 17.8 Å². The molecule has 6 nitrogen and oxygen atoms in total. The van der Waals surface area contributed by atoms with Gasteiger partial charge in [0.05, 0.1) is 5.69 Å². The summed E-state index contributed by atoms with van der Waals surface area (Å²) in [4.78, 5) is 39.0. The number of hydrogen-bond acceptors (Lipinski definition) is 4. The molecule has 1 fully saturated rings. The van der Waals surface area contributed by atoms with Crippen molar-refractivity contribution in [3.63, 3.8) is 0 Å². The van der Waals surface area contributed by atoms with Crippen molar-refractivity contribution in [3.8, 4) is 5.75 Å². The molecule has 8 heteroatoms. The quantitative estimate of drug-likeness (QED) is 0.345. The van der Waals surface area contributed by atoms with Crippen LogP contribution in [-0.2, 0) is 16.2 Å². The van der Waals surface area contributed by atoms with E-state index < -0.39 is 17.8 Å². The topological polar surface area (TPSA) is 75.7 Å². The lowest BCUT2D eigenvalue weighted by atomic mass is 10.1. The third-order valence-corrected chi connectivity index (χ3v) is 5.64. The average molecular weight is 526 g/mol. The summed E-state index contributed by atoms with van der Waals surface area (Å²) >= 11 is 9.43. The molecule has 0 aromatic heterocycles. The Morgan fingerprint density at radius 2 is 1.82 bits per heavy atom. The first-order valence-electron chi connectivity index (χ1n) is 9.97. The van der Waals surface area contributed by atoms with Crippen LogP contribution >= 0.6 is 27.5 Å². The number of nitrogens with one attached hydrogen (secondary N) is 1. The second kappa shape index (κ2) is 9.60. The second-order valence-electron chi connectivity index (χ2n) is 7.40. The third-order valence-electron chi connectivity index (χ3n) is 4.92. The minimum atomic E-state index is -0.838. The van der Waals surface area contributed by atoms with Gasteiger partial charge in [-0.15, -0.1) is 0 Å². The van der Waals surface area contributed by atoms with Crippen LogP contribution in [0.3, 0.4) is 0 Å². The van der Waals surface area contributed by atoms with E-state index in [1.54, 1.807) is 36.4 Å². The number of urea groups is 1. The first-order chi connectivity index (χ1) is 15.8. The Morgan fingerprint density at radius 3 is 2.58 bits per heavy atom. The number of rotatable bonds is 5. The zero-order valence-electron chi connectivity index (χ0n) is 17.5. The fourth-order valence-corrected chi connectivity index (χ4v) is 3.95. The number of aryl methyl sites for hydroxylation is 1. The number of benzene rings is 3. The fourth-order valence-electron chi connectivity index (χ4n) is 3.39. The summed E-state index contributed by atoms with van der Waals surface area (Å²) in [6.07, 6.45) is 1.41. The lowest BCUT2D eigenvalue weighted by Crippen LogP contribution is -2.54. The molecule has 1 N–H and O–H groups in total. The maximum absolute atomic E-state index is 13.2. The molecule has 33 heavy (non-hydrogen) atoms. The highest BCUT2D eigenvalue weighted by atomic mass is 79.9. The van der Waals surface area contributed by atoms with Crippen LogP contribution in [0.4, 0.5) is 10.5 Å². The maximum Gasteiger partial charge on any atom is 0.335 e. The summed E-state index contributed by atoms with van der Waals surface area (Å²) in [7, 11) is 0. The van der Waals surface area contributed by atoms with Crippen molar-refractivity contribution in [2.24, 2.45) is 0 Å². The molecule has 3 aromatic carbocycles. The highest BCUT2D eigenvalue weighted by Gasteiger charge is 2.37. The molecule has 0 bridgehead atoms. The number of halogens is 2. The van der Waals surface area contributed by atoms with E-state index in [-0.39, 0.29) is 11.3 Å². The normalized spacial score (nSPS) is 15.1. The molecule has 1 aliphatic rings. The monoisotopic (exact) mass is 524 g/mol. The van der Waals surface area contributed by atoms with Gasteiger partial charge in [0.15, 0.2) is 0 Å². The van der Waals surface area contributed by atoms with Gasteiger partial charge in [0.25, 0.3) is 11.8 Å². The third kappa shape index (κ3) is 5.16. The van der Waals surface area contributed by atoms with Crippen molar-refractivity contribution in [3.05, 3.63) is 98.5 Å². The Hall–Kier alpha value is -3.42. The summed E-state index contributed by atoms with van der Waals surface area (Å²) in [5, 5.41) is 2.57. The van der Waals surface area contributed by atoms with Crippen molar-refractivity contribution in [2.75, 3.05) is 4.90 Å². The number of imide groups is 2. The molecule has 0 atom stereocenters. The molecule has 0 unspecified atom stereocenters. The molecule has 0 spiro atoms. The first kappa shape index (κ1) is 22.8. The number of barbiturate groups is 1. The van der Waals surface area contributed by atoms with Crippen molar-refractivity contribution < 1.29 is 19.1 Å². The zero-order chi connectivity index (χ0) is 23.5. The molecular formula is C25H18BrClN2O4. The summed E-state index contributed by atoms with van der Waals surface area (Å²) in [6, 6.07) is 18.6. The maximum atomic E-state index is 13.2. The minimum absolute atomic E-state index is 0.201. The van der Waals surface area contributed by atoms with Crippen LogP contribution in [0.15, 0.2) is 76.8 Å². The Bertz CT molecular complexity index is 1310. The summed E-state index contributed by atoms with van der Waals surface area (Å²) in [6.45, 7) is 2.31. The standard InChI is InChI=1S/C25H18BrClN2O4/c1-15-4-2-5-16(10-15)14-33-22-9-8-18(26)11-17(22)12-21-23(30)28-25(32)29(24(21)31)20-7-3-6-19(27)13-20/h2-13H,14H2,1H3,(H,28,30,32)/b21-12+. The van der Waals surface area contributed by atoms with Gasteiger partial charge in [-0.3, -0.25) is 14.9 Å². The van der Waals surface area contributed by atoms with Gasteiger partial charge < -0.3 is 4.74 Å². The number of carbonyl (C=O) groups excluding carboxylic acids is 3. The largest absolute Gasteiger partial charge is 0.488 e. The van der Waals surface area contributed by atoms with E-state index in [1.807, 2.05) is 31.2 Å². The van der Waals surface area contributed by atoms with Gasteiger partial charge in [-0.2, -0.15) is 0 Å². The summed E-state index contributed by atoms with van der Waals surface area (Å²) in [5.41, 5.74) is 2.67. The Kier molecular flexibility index (Phi) is 6.62. The molecule has 1 heterocycles. The predicted octanol–water partition coefficient (Wildman–Crippen LogP) is 5.66. The molecule has 4 rings (SSSR count). The van der Waals surface area contributed by atoms with E-state index in [4.69, 9.17) is 16.3 Å². The van der Waals surface area contributed by atoms with Crippen molar-refractivity contribution in [1.29, 1.82) is 0 Å². The van der Waals surface area contributed by atoms with E-state index in [0.29, 0.717) is 22.9 Å². The Balaban J connectivity index is 1.68. The average Bonchev–Trinajstić information content (AvgIpc) is 2.76. The van der Waals surface area contributed by atoms with Crippen LogP contribution in [0.1, 0.15) is 16.7 Å². The van der Waals surface area contributed by atoms with Gasteiger partial charge in [0.1, 0.15) is 17.9 Å². The van der Waals surface area contributed by atoms with E-state index >= 15 is 0 Å². The van der Waals surface area contributed by atoms with E-state index in [2.05, 4.69) is 21.2 Å². The predicted molar refractivity (Wildman–Crippen MR) is 130 cm³/mol. The molecule has 3 aromatic rings. The van der Waals surface area contributed by atoms with E-state index in [1.165, 1.54) is 12.1 Å². The number of carbonyl (C=O) groups is 3. The van der Waals surface area contributed by atoms with E-state index in [0.717, 1.165) is 20.5 Å². The van der Waals surface area contributed by atoms with Gasteiger partial charge >= 0.3 is 6.03 Å². The molecule has 0 saturated carbocycles. The highest BCUT2D eigenvalue weighted by Crippen LogP contribution is 2.29. The van der Waals surface area contributed by atoms with Crippen LogP contribution in [0.25, 0.3) is 6.08 Å². The summed E-state index contributed by atoms with van der Waals surface area (Å²) in [5.74, 6) is -1.05. The van der Waals surface area contributed by atoms with Gasteiger partial charge in [0, 0.05) is 15.1 Å². The van der Waals surface area contributed by atoms with Crippen molar-refractivity contribution in [2.45, 2.75) is 13.5 Å². The van der Waals surface area contributed by atoms with Gasteiger partial charge in [-0.05, 0) is 55.0 Å². The van der Waals surface area contributed by atoms with Gasteiger partial charge in [-0.1, -0.05) is 63.4 Å². The van der Waals surface area contributed by atoms with Crippen LogP contribution in [0, 0.1) is 6.92 Å². The smallest absolute Gasteiger partial charge is 0.335 e. The number of hydrogen-bond donors (Lipinski definition) is 1. The number of anilines is 1. The lowest BCUT2D eigenvalue weighted by molar-refractivity contribution is -0.122. The van der Waals surface area contributed by atoms with Crippen LogP contribution < -0.4 is 15.0 Å². The Morgan fingerprint density at radius 1 is 1.03 bits per heavy atom. The molecule has 4 amide bonds. The molecule has 0 aliphatic carbocycles. The van der Waals surface area contributed by atoms with Crippen molar-refractivity contribution in [1.82, 2.24) is 5.32 Å². The lowest BCUT2D eigenvalue weighted by Gasteiger charge is -2.26. The number of nitrogens with zero attached hydrogens (tertiary/aromatic N) is 1. The molecule has 1 aliphatic heterocycles. The van der Waals surface area contributed by atoms with Crippen molar-refractivity contribution >= 4 is 57.1 Å².